The van der Waals surface area contributed by atoms with Crippen LogP contribution in [0.4, 0.5) is 0 Å². The van der Waals surface area contributed by atoms with Crippen molar-refractivity contribution >= 4 is 17.5 Å². The van der Waals surface area contributed by atoms with Crippen molar-refractivity contribution in [3.8, 4) is 11.3 Å². The van der Waals surface area contributed by atoms with E-state index in [-0.39, 0.29) is 24.4 Å². The summed E-state index contributed by atoms with van der Waals surface area (Å²) in [6.45, 7) is 0.601. The topological polar surface area (TPSA) is 76.9 Å². The second kappa shape index (κ2) is 8.40. The van der Waals surface area contributed by atoms with Crippen LogP contribution in [0, 0.1) is 0 Å². The third-order valence-electron chi connectivity index (χ3n) is 3.75. The number of aryl methyl sites for hydroxylation is 1. The number of nitrogens with one attached hydrogen (secondary N) is 1. The van der Waals surface area contributed by atoms with Gasteiger partial charge >= 0.3 is 0 Å². The Balaban J connectivity index is 1.63. The zero-order valence-corrected chi connectivity index (χ0v) is 14.7. The lowest BCUT2D eigenvalue weighted by atomic mass is 10.1. The highest BCUT2D eigenvalue weighted by atomic mass is 35.5. The normalized spacial score (nSPS) is 10.5. The predicted molar refractivity (Wildman–Crippen MR) is 99.6 cm³/mol. The van der Waals surface area contributed by atoms with Crippen LogP contribution >= 0.6 is 11.6 Å². The number of benzene rings is 1. The predicted octanol–water partition coefficient (Wildman–Crippen LogP) is 2.67. The number of pyridine rings is 1. The van der Waals surface area contributed by atoms with Gasteiger partial charge in [-0.2, -0.15) is 5.10 Å². The van der Waals surface area contributed by atoms with Gasteiger partial charge in [0.15, 0.2) is 0 Å². The third-order valence-corrected chi connectivity index (χ3v) is 3.99. The van der Waals surface area contributed by atoms with Gasteiger partial charge in [-0.15, -0.1) is 0 Å². The second-order valence-corrected chi connectivity index (χ2v) is 6.11. The Bertz CT molecular complexity index is 957. The summed E-state index contributed by atoms with van der Waals surface area (Å²) in [6, 6.07) is 14.0. The number of carbonyl (C=O) groups excluding carboxylic acids is 1. The summed E-state index contributed by atoms with van der Waals surface area (Å²) in [7, 11) is 0. The molecule has 0 unspecified atom stereocenters. The van der Waals surface area contributed by atoms with Crippen LogP contribution in [0.5, 0.6) is 0 Å². The monoisotopic (exact) mass is 368 g/mol. The highest BCUT2D eigenvalue weighted by Crippen LogP contribution is 2.19. The molecule has 0 saturated carbocycles. The molecule has 3 rings (SSSR count). The summed E-state index contributed by atoms with van der Waals surface area (Å²) in [6.07, 6.45) is 3.53. The first kappa shape index (κ1) is 17.8. The van der Waals surface area contributed by atoms with Crippen molar-refractivity contribution < 1.29 is 4.79 Å². The summed E-state index contributed by atoms with van der Waals surface area (Å²) in [5.41, 5.74) is 2.10. The standard InChI is InChI=1S/C19H17ClN4O2/c20-16-5-1-4-15(11-16)17-6-7-19(26)24(23-17)10-8-18(25)22-13-14-3-2-9-21-12-14/h1-7,9,11-12H,8,10,13H2,(H,22,25). The summed E-state index contributed by atoms with van der Waals surface area (Å²) in [4.78, 5) is 28.0. The molecule has 0 aliphatic heterocycles. The molecule has 7 heteroatoms. The molecule has 1 amide bonds. The molecule has 6 nitrogen and oxygen atoms in total. The zero-order valence-electron chi connectivity index (χ0n) is 13.9. The van der Waals surface area contributed by atoms with Crippen molar-refractivity contribution in [2.75, 3.05) is 0 Å². The van der Waals surface area contributed by atoms with Gasteiger partial charge in [-0.05, 0) is 29.8 Å². The Labute approximate surface area is 155 Å². The molecule has 0 aliphatic rings. The number of nitrogens with zero attached hydrogens (tertiary/aromatic N) is 3. The molecule has 0 atom stereocenters. The van der Waals surface area contributed by atoms with Crippen LogP contribution < -0.4 is 10.9 Å². The molecule has 2 aromatic heterocycles. The number of rotatable bonds is 6. The van der Waals surface area contributed by atoms with Gasteiger partial charge in [-0.25, -0.2) is 4.68 Å². The highest BCUT2D eigenvalue weighted by Gasteiger charge is 2.07. The number of amides is 1. The fourth-order valence-corrected chi connectivity index (χ4v) is 2.60. The van der Waals surface area contributed by atoms with Gasteiger partial charge in [-0.3, -0.25) is 14.6 Å². The molecule has 0 radical (unpaired) electrons. The average molecular weight is 369 g/mol. The highest BCUT2D eigenvalue weighted by molar-refractivity contribution is 6.30. The Hall–Kier alpha value is -2.99. The van der Waals surface area contributed by atoms with Crippen LogP contribution in [0.2, 0.25) is 5.02 Å². The van der Waals surface area contributed by atoms with E-state index in [1.165, 1.54) is 10.7 Å². The van der Waals surface area contributed by atoms with Gasteiger partial charge in [0.05, 0.1) is 12.2 Å². The maximum atomic E-state index is 12.0. The van der Waals surface area contributed by atoms with Crippen LogP contribution in [0.25, 0.3) is 11.3 Å². The lowest BCUT2D eigenvalue weighted by molar-refractivity contribution is -0.121. The largest absolute Gasteiger partial charge is 0.352 e. The molecule has 2 heterocycles. The lowest BCUT2D eigenvalue weighted by Gasteiger charge is -2.08. The number of halogens is 1. The molecule has 0 fully saturated rings. The third kappa shape index (κ3) is 4.77. The SMILES string of the molecule is O=C(CCn1nc(-c2cccc(Cl)c2)ccc1=O)NCc1cccnc1. The maximum absolute atomic E-state index is 12.0. The van der Waals surface area contributed by atoms with E-state index in [1.54, 1.807) is 30.6 Å². The van der Waals surface area contributed by atoms with E-state index in [4.69, 9.17) is 11.6 Å². The van der Waals surface area contributed by atoms with E-state index in [0.717, 1.165) is 11.1 Å². The van der Waals surface area contributed by atoms with Crippen LogP contribution in [-0.2, 0) is 17.9 Å². The van der Waals surface area contributed by atoms with Crippen molar-refractivity contribution in [1.29, 1.82) is 0 Å². The van der Waals surface area contributed by atoms with Crippen LogP contribution in [0.3, 0.4) is 0 Å². The molecule has 1 N–H and O–H groups in total. The van der Waals surface area contributed by atoms with Gasteiger partial charge in [0.2, 0.25) is 5.91 Å². The summed E-state index contributed by atoms with van der Waals surface area (Å²) >= 11 is 6.00. The first-order valence-electron chi connectivity index (χ1n) is 8.11. The number of hydrogen-bond acceptors (Lipinski definition) is 4. The Morgan fingerprint density at radius 1 is 1.15 bits per heavy atom. The van der Waals surface area contributed by atoms with Crippen LogP contribution in [0.1, 0.15) is 12.0 Å². The van der Waals surface area contributed by atoms with Crippen molar-refractivity contribution in [2.45, 2.75) is 19.5 Å². The molecule has 1 aromatic carbocycles. The zero-order chi connectivity index (χ0) is 18.4. The van der Waals surface area contributed by atoms with Gasteiger partial charge in [0, 0.05) is 42.0 Å². The fraction of sp³-hybridized carbons (Fsp3) is 0.158. The van der Waals surface area contributed by atoms with Crippen molar-refractivity contribution in [3.05, 3.63) is 81.9 Å². The first-order chi connectivity index (χ1) is 12.6. The van der Waals surface area contributed by atoms with E-state index in [9.17, 15) is 9.59 Å². The number of carbonyl (C=O) groups is 1. The maximum Gasteiger partial charge on any atom is 0.266 e. The van der Waals surface area contributed by atoms with Gasteiger partial charge < -0.3 is 5.32 Å². The molecule has 132 valence electrons. The number of hydrogen-bond donors (Lipinski definition) is 1. The minimum absolute atomic E-state index is 0.157. The van der Waals surface area contributed by atoms with E-state index in [1.807, 2.05) is 24.3 Å². The van der Waals surface area contributed by atoms with E-state index in [0.29, 0.717) is 17.3 Å². The lowest BCUT2D eigenvalue weighted by Crippen LogP contribution is -2.28. The van der Waals surface area contributed by atoms with Gasteiger partial charge in [0.25, 0.3) is 5.56 Å². The fourth-order valence-electron chi connectivity index (χ4n) is 2.41. The quantitative estimate of drug-likeness (QED) is 0.725. The minimum atomic E-state index is -0.254. The van der Waals surface area contributed by atoms with Crippen molar-refractivity contribution in [3.63, 3.8) is 0 Å². The first-order valence-corrected chi connectivity index (χ1v) is 8.49. The van der Waals surface area contributed by atoms with Crippen molar-refractivity contribution in [2.24, 2.45) is 0 Å². The van der Waals surface area contributed by atoms with E-state index in [2.05, 4.69) is 15.4 Å². The van der Waals surface area contributed by atoms with Gasteiger partial charge in [-0.1, -0.05) is 29.8 Å². The number of aromatic nitrogens is 3. The Kier molecular flexibility index (Phi) is 5.76. The summed E-state index contributed by atoms with van der Waals surface area (Å²) < 4.78 is 1.29. The minimum Gasteiger partial charge on any atom is -0.352 e. The average Bonchev–Trinajstić information content (AvgIpc) is 2.66. The van der Waals surface area contributed by atoms with Crippen molar-refractivity contribution in [1.82, 2.24) is 20.1 Å². The van der Waals surface area contributed by atoms with E-state index >= 15 is 0 Å². The van der Waals surface area contributed by atoms with Gasteiger partial charge in [0.1, 0.15) is 0 Å². The molecular weight excluding hydrogens is 352 g/mol. The van der Waals surface area contributed by atoms with Crippen LogP contribution in [-0.4, -0.2) is 20.7 Å². The molecule has 0 aliphatic carbocycles. The molecule has 26 heavy (non-hydrogen) atoms. The Morgan fingerprint density at radius 3 is 2.81 bits per heavy atom. The Morgan fingerprint density at radius 2 is 2.04 bits per heavy atom. The molecule has 0 saturated heterocycles. The van der Waals surface area contributed by atoms with E-state index < -0.39 is 0 Å². The smallest absolute Gasteiger partial charge is 0.266 e. The molecular formula is C19H17ClN4O2. The summed E-state index contributed by atoms with van der Waals surface area (Å²) in [5, 5.41) is 7.73. The molecule has 0 bridgehead atoms. The molecule has 0 spiro atoms. The summed E-state index contributed by atoms with van der Waals surface area (Å²) in [5.74, 6) is -0.157. The molecule has 3 aromatic rings. The second-order valence-electron chi connectivity index (χ2n) is 5.68. The van der Waals surface area contributed by atoms with Crippen LogP contribution in [0.15, 0.2) is 65.7 Å².